The first kappa shape index (κ1) is 7.35. The fraction of sp³-hybridized carbons (Fsp3) is 0.400. The molecule has 0 bridgehead atoms. The largest absolute Gasteiger partial charge is 0.0925 e. The molecule has 0 radical (unpaired) electrons. The minimum Gasteiger partial charge on any atom is -0.0925 e. The second-order valence-electron chi connectivity index (χ2n) is 3.17. The maximum absolute atomic E-state index is 3.51. The highest BCUT2D eigenvalue weighted by molar-refractivity contribution is 9.09. The molecule has 1 saturated carbocycles. The quantitative estimate of drug-likeness (QED) is 0.659. The molecule has 1 aliphatic carbocycles. The summed E-state index contributed by atoms with van der Waals surface area (Å²) in [5.41, 5.74) is 1.51. The third kappa shape index (κ3) is 1.48. The molecule has 0 aromatic heterocycles. The molecule has 0 N–H and O–H groups in total. The van der Waals surface area contributed by atoms with E-state index in [0.29, 0.717) is 0 Å². The Kier molecular flexibility index (Phi) is 1.99. The van der Waals surface area contributed by atoms with E-state index in [2.05, 4.69) is 46.3 Å². The van der Waals surface area contributed by atoms with E-state index in [4.69, 9.17) is 0 Å². The van der Waals surface area contributed by atoms with Gasteiger partial charge in [0, 0.05) is 5.33 Å². The molecule has 0 heterocycles. The highest BCUT2D eigenvalue weighted by Gasteiger charge is 2.36. The zero-order chi connectivity index (χ0) is 7.68. The normalized spacial score (nSPS) is 28.5. The second-order valence-corrected chi connectivity index (χ2v) is 3.81. The van der Waals surface area contributed by atoms with Crippen molar-refractivity contribution in [3.05, 3.63) is 35.9 Å². The summed E-state index contributed by atoms with van der Waals surface area (Å²) in [5, 5.41) is 1.16. The molecule has 1 heteroatoms. The van der Waals surface area contributed by atoms with Crippen LogP contribution < -0.4 is 0 Å². The molecule has 1 aromatic rings. The zero-order valence-corrected chi connectivity index (χ0v) is 7.92. The molecule has 1 fully saturated rings. The van der Waals surface area contributed by atoms with Crippen LogP contribution in [0.1, 0.15) is 17.9 Å². The Balaban J connectivity index is 2.09. The lowest BCUT2D eigenvalue weighted by molar-refractivity contribution is 0.937. The number of halogens is 1. The Labute approximate surface area is 75.8 Å². The monoisotopic (exact) mass is 210 g/mol. The predicted molar refractivity (Wildman–Crippen MR) is 51.1 cm³/mol. The van der Waals surface area contributed by atoms with Crippen molar-refractivity contribution in [2.75, 3.05) is 5.33 Å². The molecule has 58 valence electrons. The van der Waals surface area contributed by atoms with E-state index in [-0.39, 0.29) is 0 Å². The topological polar surface area (TPSA) is 0 Å². The third-order valence-corrected chi connectivity index (χ3v) is 3.18. The number of rotatable bonds is 2. The molecule has 0 nitrogen and oxygen atoms in total. The van der Waals surface area contributed by atoms with E-state index in [0.717, 1.165) is 17.2 Å². The van der Waals surface area contributed by atoms with Crippen molar-refractivity contribution in [2.24, 2.45) is 5.92 Å². The first-order valence-corrected chi connectivity index (χ1v) is 5.15. The van der Waals surface area contributed by atoms with Crippen LogP contribution in [0.3, 0.4) is 0 Å². The fourth-order valence-electron chi connectivity index (χ4n) is 1.53. The van der Waals surface area contributed by atoms with Gasteiger partial charge in [-0.15, -0.1) is 0 Å². The summed E-state index contributed by atoms with van der Waals surface area (Å²) in [7, 11) is 0. The zero-order valence-electron chi connectivity index (χ0n) is 6.33. The van der Waals surface area contributed by atoms with Crippen LogP contribution in [0.5, 0.6) is 0 Å². The average Bonchev–Trinajstić information content (AvgIpc) is 2.85. The van der Waals surface area contributed by atoms with E-state index in [1.54, 1.807) is 0 Å². The number of benzene rings is 1. The van der Waals surface area contributed by atoms with Gasteiger partial charge in [0.25, 0.3) is 0 Å². The van der Waals surface area contributed by atoms with Crippen molar-refractivity contribution in [1.29, 1.82) is 0 Å². The Morgan fingerprint density at radius 3 is 2.55 bits per heavy atom. The van der Waals surface area contributed by atoms with Crippen molar-refractivity contribution >= 4 is 15.9 Å². The smallest absolute Gasteiger partial charge is 0.00657 e. The molecule has 0 aliphatic heterocycles. The minimum atomic E-state index is 0.843. The number of hydrogen-bond donors (Lipinski definition) is 0. The van der Waals surface area contributed by atoms with Gasteiger partial charge in [0.2, 0.25) is 0 Å². The molecule has 1 aliphatic rings. The molecule has 0 saturated heterocycles. The van der Waals surface area contributed by atoms with Gasteiger partial charge in [-0.2, -0.15) is 0 Å². The highest BCUT2D eigenvalue weighted by atomic mass is 79.9. The van der Waals surface area contributed by atoms with E-state index in [9.17, 15) is 0 Å². The van der Waals surface area contributed by atoms with Crippen LogP contribution in [-0.2, 0) is 0 Å². The number of hydrogen-bond acceptors (Lipinski definition) is 0. The molecule has 2 atom stereocenters. The van der Waals surface area contributed by atoms with Gasteiger partial charge in [-0.25, -0.2) is 0 Å². The summed E-state index contributed by atoms with van der Waals surface area (Å²) in [4.78, 5) is 0. The Hall–Kier alpha value is -0.300. The van der Waals surface area contributed by atoms with Crippen molar-refractivity contribution in [3.8, 4) is 0 Å². The van der Waals surface area contributed by atoms with Crippen LogP contribution in [0.25, 0.3) is 0 Å². The van der Waals surface area contributed by atoms with Gasteiger partial charge in [0.05, 0.1) is 0 Å². The summed E-state index contributed by atoms with van der Waals surface area (Å²) in [6.45, 7) is 0. The maximum Gasteiger partial charge on any atom is 0.00657 e. The van der Waals surface area contributed by atoms with Crippen molar-refractivity contribution in [1.82, 2.24) is 0 Å². The highest BCUT2D eigenvalue weighted by Crippen LogP contribution is 2.47. The molecule has 11 heavy (non-hydrogen) atoms. The first-order valence-electron chi connectivity index (χ1n) is 4.02. The standard InChI is InChI=1S/C10H11Br/c11-7-9-6-10(9)8-4-2-1-3-5-8/h1-5,9-10H,6-7H2/t9-,10-/m0/s1. The van der Waals surface area contributed by atoms with Crippen LogP contribution in [0, 0.1) is 5.92 Å². The Bertz CT molecular complexity index is 230. The lowest BCUT2D eigenvalue weighted by Crippen LogP contribution is -1.82. The molecular formula is C10H11Br. The van der Waals surface area contributed by atoms with Crippen LogP contribution in [-0.4, -0.2) is 5.33 Å². The van der Waals surface area contributed by atoms with E-state index in [1.165, 1.54) is 12.0 Å². The van der Waals surface area contributed by atoms with Crippen LogP contribution in [0.15, 0.2) is 30.3 Å². The molecular weight excluding hydrogens is 200 g/mol. The van der Waals surface area contributed by atoms with Gasteiger partial charge in [0.1, 0.15) is 0 Å². The lowest BCUT2D eigenvalue weighted by atomic mass is 10.1. The molecule has 0 spiro atoms. The molecule has 0 amide bonds. The SMILES string of the molecule is BrC[C@@H]1C[C@H]1c1ccccc1. The van der Waals surface area contributed by atoms with Crippen molar-refractivity contribution in [2.45, 2.75) is 12.3 Å². The second kappa shape index (κ2) is 2.98. The van der Waals surface area contributed by atoms with Crippen molar-refractivity contribution in [3.63, 3.8) is 0 Å². The molecule has 0 unspecified atom stereocenters. The van der Waals surface area contributed by atoms with Gasteiger partial charge in [-0.1, -0.05) is 46.3 Å². The summed E-state index contributed by atoms with van der Waals surface area (Å²) in [5.74, 6) is 1.74. The number of alkyl halides is 1. The van der Waals surface area contributed by atoms with E-state index < -0.39 is 0 Å². The summed E-state index contributed by atoms with van der Waals surface area (Å²) in [6, 6.07) is 10.8. The molecule has 1 aromatic carbocycles. The average molecular weight is 211 g/mol. The molecule has 2 rings (SSSR count). The van der Waals surface area contributed by atoms with Gasteiger partial charge in [-0.3, -0.25) is 0 Å². The van der Waals surface area contributed by atoms with Crippen LogP contribution in [0.2, 0.25) is 0 Å². The fourth-order valence-corrected chi connectivity index (χ4v) is 2.24. The van der Waals surface area contributed by atoms with Crippen LogP contribution >= 0.6 is 15.9 Å². The van der Waals surface area contributed by atoms with E-state index in [1.807, 2.05) is 0 Å². The van der Waals surface area contributed by atoms with E-state index >= 15 is 0 Å². The first-order chi connectivity index (χ1) is 5.42. The van der Waals surface area contributed by atoms with Gasteiger partial charge >= 0.3 is 0 Å². The maximum atomic E-state index is 3.51. The predicted octanol–water partition coefficient (Wildman–Crippen LogP) is 3.19. The van der Waals surface area contributed by atoms with Crippen molar-refractivity contribution < 1.29 is 0 Å². The van der Waals surface area contributed by atoms with Gasteiger partial charge < -0.3 is 0 Å². The van der Waals surface area contributed by atoms with Gasteiger partial charge in [-0.05, 0) is 23.8 Å². The summed E-state index contributed by atoms with van der Waals surface area (Å²) in [6.07, 6.45) is 1.37. The minimum absolute atomic E-state index is 0.843. The Morgan fingerprint density at radius 1 is 1.27 bits per heavy atom. The lowest BCUT2D eigenvalue weighted by Gasteiger charge is -1.95. The summed E-state index contributed by atoms with van der Waals surface area (Å²) < 4.78 is 0. The van der Waals surface area contributed by atoms with Crippen LogP contribution in [0.4, 0.5) is 0 Å². The van der Waals surface area contributed by atoms with Gasteiger partial charge in [0.15, 0.2) is 0 Å². The summed E-state index contributed by atoms with van der Waals surface area (Å²) >= 11 is 3.51. The Morgan fingerprint density at radius 2 is 2.00 bits per heavy atom. The third-order valence-electron chi connectivity index (χ3n) is 2.35.